The van der Waals surface area contributed by atoms with Crippen LogP contribution in [-0.2, 0) is 20.2 Å². The average Bonchev–Trinajstić information content (AvgIpc) is 3.11. The van der Waals surface area contributed by atoms with Crippen LogP contribution in [0.1, 0.15) is 27.2 Å². The number of aryl methyl sites for hydroxylation is 2. The number of rotatable bonds is 6. The van der Waals surface area contributed by atoms with Gasteiger partial charge in [-0.05, 0) is 36.8 Å². The highest BCUT2D eigenvalue weighted by Gasteiger charge is 2.23. The third-order valence-corrected chi connectivity index (χ3v) is 6.45. The van der Waals surface area contributed by atoms with Crippen molar-refractivity contribution < 1.29 is 9.53 Å². The van der Waals surface area contributed by atoms with Crippen LogP contribution in [-0.4, -0.2) is 51.7 Å². The van der Waals surface area contributed by atoms with E-state index in [0.29, 0.717) is 41.1 Å². The van der Waals surface area contributed by atoms with Crippen LogP contribution in [0.25, 0.3) is 0 Å². The molecule has 0 atom stereocenters. The summed E-state index contributed by atoms with van der Waals surface area (Å²) in [5.74, 6) is 0.570. The molecule has 1 aliphatic heterocycles. The van der Waals surface area contributed by atoms with E-state index in [2.05, 4.69) is 16.2 Å². The highest BCUT2D eigenvalue weighted by Crippen LogP contribution is 2.32. The van der Waals surface area contributed by atoms with Crippen molar-refractivity contribution in [3.05, 3.63) is 81.1 Å². The van der Waals surface area contributed by atoms with Crippen LogP contribution in [0.4, 0.5) is 0 Å². The first kappa shape index (κ1) is 22.6. The number of amides is 1. The van der Waals surface area contributed by atoms with Gasteiger partial charge >= 0.3 is 0 Å². The minimum Gasteiger partial charge on any atom is -0.487 e. The first-order valence-electron chi connectivity index (χ1n) is 10.6. The minimum absolute atomic E-state index is 0.0462. The Morgan fingerprint density at radius 3 is 2.56 bits per heavy atom. The van der Waals surface area contributed by atoms with Gasteiger partial charge in [-0.3, -0.25) is 14.4 Å². The molecule has 1 aliphatic rings. The zero-order valence-electron chi connectivity index (χ0n) is 18.2. The van der Waals surface area contributed by atoms with Gasteiger partial charge in [0.05, 0.1) is 10.7 Å². The Hall–Kier alpha value is -2.54. The van der Waals surface area contributed by atoms with E-state index in [1.165, 1.54) is 5.56 Å². The molecule has 0 unspecified atom stereocenters. The molecule has 32 heavy (non-hydrogen) atoms. The summed E-state index contributed by atoms with van der Waals surface area (Å²) in [4.78, 5) is 17.3. The fourth-order valence-corrected chi connectivity index (χ4v) is 4.23. The summed E-state index contributed by atoms with van der Waals surface area (Å²) in [5, 5.41) is 5.25. The predicted octanol–water partition coefficient (Wildman–Crippen LogP) is 4.57. The summed E-state index contributed by atoms with van der Waals surface area (Å²) >= 11 is 12.2. The SMILES string of the molecule is Cc1nn(C)cc1CN1CCN(C(=O)c2cccc(COc3cccc(Cl)c3Cl)c2)CC1. The molecule has 0 aliphatic carbocycles. The summed E-state index contributed by atoms with van der Waals surface area (Å²) in [5.41, 5.74) is 3.86. The molecule has 8 heteroatoms. The third-order valence-electron chi connectivity index (χ3n) is 5.65. The van der Waals surface area contributed by atoms with Crippen LogP contribution < -0.4 is 4.74 Å². The monoisotopic (exact) mass is 472 g/mol. The lowest BCUT2D eigenvalue weighted by Crippen LogP contribution is -2.48. The van der Waals surface area contributed by atoms with Crippen molar-refractivity contribution in [2.45, 2.75) is 20.1 Å². The maximum atomic E-state index is 13.1. The number of hydrogen-bond donors (Lipinski definition) is 0. The van der Waals surface area contributed by atoms with Gasteiger partial charge in [-0.1, -0.05) is 41.4 Å². The number of piperazine rings is 1. The number of ether oxygens (including phenoxy) is 1. The molecular formula is C24H26Cl2N4O2. The Morgan fingerprint density at radius 1 is 1.09 bits per heavy atom. The van der Waals surface area contributed by atoms with E-state index in [0.717, 1.165) is 30.9 Å². The van der Waals surface area contributed by atoms with Gasteiger partial charge in [0.1, 0.15) is 17.4 Å². The molecule has 1 fully saturated rings. The van der Waals surface area contributed by atoms with Gasteiger partial charge in [0.15, 0.2) is 0 Å². The second-order valence-electron chi connectivity index (χ2n) is 8.02. The molecule has 0 bridgehead atoms. The average molecular weight is 473 g/mol. The largest absolute Gasteiger partial charge is 0.487 e. The molecule has 0 spiro atoms. The summed E-state index contributed by atoms with van der Waals surface area (Å²) in [7, 11) is 1.94. The molecule has 0 N–H and O–H groups in total. The molecule has 1 saturated heterocycles. The molecule has 168 valence electrons. The van der Waals surface area contributed by atoms with Gasteiger partial charge in [0.25, 0.3) is 5.91 Å². The van der Waals surface area contributed by atoms with E-state index in [1.54, 1.807) is 18.2 Å². The first-order chi connectivity index (χ1) is 15.4. The summed E-state index contributed by atoms with van der Waals surface area (Å²) in [6.07, 6.45) is 2.07. The van der Waals surface area contributed by atoms with Crippen molar-refractivity contribution in [2.75, 3.05) is 26.2 Å². The smallest absolute Gasteiger partial charge is 0.253 e. The summed E-state index contributed by atoms with van der Waals surface area (Å²) < 4.78 is 7.66. The van der Waals surface area contributed by atoms with Crippen molar-refractivity contribution in [3.63, 3.8) is 0 Å². The highest BCUT2D eigenvalue weighted by molar-refractivity contribution is 6.42. The van der Waals surface area contributed by atoms with Crippen molar-refractivity contribution in [1.29, 1.82) is 0 Å². The number of halogens is 2. The topological polar surface area (TPSA) is 50.6 Å². The first-order valence-corrected chi connectivity index (χ1v) is 11.3. The Kier molecular flexibility index (Phi) is 7.04. The summed E-state index contributed by atoms with van der Waals surface area (Å²) in [6, 6.07) is 12.8. The summed E-state index contributed by atoms with van der Waals surface area (Å²) in [6.45, 7) is 6.30. The molecule has 1 amide bonds. The molecule has 2 heterocycles. The Morgan fingerprint density at radius 2 is 1.84 bits per heavy atom. The van der Waals surface area contributed by atoms with Crippen molar-refractivity contribution in [1.82, 2.24) is 19.6 Å². The Bertz CT molecular complexity index is 1110. The van der Waals surface area contributed by atoms with E-state index >= 15 is 0 Å². The van der Waals surface area contributed by atoms with Crippen LogP contribution in [0, 0.1) is 6.92 Å². The van der Waals surface area contributed by atoms with Crippen molar-refractivity contribution >= 4 is 29.1 Å². The standard InChI is InChI=1S/C24H26Cl2N4O2/c1-17-20(14-28(2)27-17)15-29-9-11-30(12-10-29)24(31)19-6-3-5-18(13-19)16-32-22-8-4-7-21(25)23(22)26/h3-8,13-14H,9-12,15-16H2,1-2H3. The van der Waals surface area contributed by atoms with Crippen LogP contribution in [0.15, 0.2) is 48.7 Å². The zero-order valence-corrected chi connectivity index (χ0v) is 19.7. The van der Waals surface area contributed by atoms with Gasteiger partial charge < -0.3 is 9.64 Å². The maximum Gasteiger partial charge on any atom is 0.253 e. The lowest BCUT2D eigenvalue weighted by atomic mass is 10.1. The van der Waals surface area contributed by atoms with Gasteiger partial charge in [-0.2, -0.15) is 5.10 Å². The molecule has 2 aromatic carbocycles. The van der Waals surface area contributed by atoms with Crippen LogP contribution in [0.3, 0.4) is 0 Å². The second-order valence-corrected chi connectivity index (χ2v) is 8.81. The number of carbonyl (C=O) groups excluding carboxylic acids is 1. The predicted molar refractivity (Wildman–Crippen MR) is 126 cm³/mol. The molecule has 4 rings (SSSR count). The second kappa shape index (κ2) is 9.94. The quantitative estimate of drug-likeness (QED) is 0.526. The molecule has 0 radical (unpaired) electrons. The van der Waals surface area contributed by atoms with E-state index in [4.69, 9.17) is 27.9 Å². The zero-order chi connectivity index (χ0) is 22.7. The van der Waals surface area contributed by atoms with E-state index < -0.39 is 0 Å². The number of carbonyl (C=O) groups is 1. The Labute approximate surface area is 198 Å². The highest BCUT2D eigenvalue weighted by atomic mass is 35.5. The normalized spacial score (nSPS) is 14.6. The lowest BCUT2D eigenvalue weighted by molar-refractivity contribution is 0.0628. The Balaban J connectivity index is 1.34. The fourth-order valence-electron chi connectivity index (χ4n) is 3.89. The van der Waals surface area contributed by atoms with Gasteiger partial charge in [0, 0.05) is 57.1 Å². The number of nitrogens with zero attached hydrogens (tertiary/aromatic N) is 4. The number of benzene rings is 2. The van der Waals surface area contributed by atoms with Crippen molar-refractivity contribution in [2.24, 2.45) is 7.05 Å². The third kappa shape index (κ3) is 5.26. The van der Waals surface area contributed by atoms with Gasteiger partial charge in [-0.15, -0.1) is 0 Å². The fraction of sp³-hybridized carbons (Fsp3) is 0.333. The van der Waals surface area contributed by atoms with E-state index in [-0.39, 0.29) is 5.91 Å². The van der Waals surface area contributed by atoms with Gasteiger partial charge in [0.2, 0.25) is 0 Å². The molecule has 0 saturated carbocycles. The molecule has 6 nitrogen and oxygen atoms in total. The number of hydrogen-bond acceptors (Lipinski definition) is 4. The van der Waals surface area contributed by atoms with Crippen LogP contribution >= 0.6 is 23.2 Å². The van der Waals surface area contributed by atoms with Crippen LogP contribution in [0.5, 0.6) is 5.75 Å². The van der Waals surface area contributed by atoms with E-state index in [1.807, 2.05) is 47.8 Å². The molecular weight excluding hydrogens is 447 g/mol. The molecule has 1 aromatic heterocycles. The minimum atomic E-state index is 0.0462. The lowest BCUT2D eigenvalue weighted by Gasteiger charge is -2.34. The number of aromatic nitrogens is 2. The van der Waals surface area contributed by atoms with Crippen LogP contribution in [0.2, 0.25) is 10.0 Å². The molecule has 3 aromatic rings. The maximum absolute atomic E-state index is 13.1. The van der Waals surface area contributed by atoms with E-state index in [9.17, 15) is 4.79 Å². The van der Waals surface area contributed by atoms with Crippen molar-refractivity contribution in [3.8, 4) is 5.75 Å². The van der Waals surface area contributed by atoms with Gasteiger partial charge in [-0.25, -0.2) is 0 Å².